The highest BCUT2D eigenvalue weighted by Crippen LogP contribution is 2.54. The minimum absolute atomic E-state index is 0.422. The van der Waals surface area contributed by atoms with E-state index in [0.717, 1.165) is 57.9 Å². The zero-order chi connectivity index (χ0) is 18.7. The van der Waals surface area contributed by atoms with E-state index in [1.165, 1.54) is 11.5 Å². The lowest BCUT2D eigenvalue weighted by Gasteiger charge is -2.06. The van der Waals surface area contributed by atoms with Crippen LogP contribution in [0.3, 0.4) is 0 Å². The van der Waals surface area contributed by atoms with Crippen LogP contribution in [0.2, 0.25) is 0 Å². The van der Waals surface area contributed by atoms with Gasteiger partial charge in [-0.25, -0.2) is 4.98 Å². The summed E-state index contributed by atoms with van der Waals surface area (Å²) in [7, 11) is 0. The molecule has 0 aromatic carbocycles. The molecule has 0 N–H and O–H groups in total. The van der Waals surface area contributed by atoms with E-state index < -0.39 is 0 Å². The molecule has 0 aliphatic heterocycles. The molecule has 27 heavy (non-hydrogen) atoms. The van der Waals surface area contributed by atoms with Crippen molar-refractivity contribution in [2.45, 2.75) is 52.5 Å². The van der Waals surface area contributed by atoms with Crippen LogP contribution in [-0.4, -0.2) is 38.9 Å². The van der Waals surface area contributed by atoms with Crippen molar-refractivity contribution in [2.75, 3.05) is 0 Å². The van der Waals surface area contributed by atoms with E-state index in [-0.39, 0.29) is 0 Å². The SMILES string of the molecule is CCn1nc([C@H]2C[C@@H]2c2nc(C)ns2)cc1-c1cc(C)c2nnc(C)n2n1. The van der Waals surface area contributed by atoms with Crippen molar-refractivity contribution in [1.29, 1.82) is 0 Å². The Balaban J connectivity index is 1.53. The monoisotopic (exact) mass is 380 g/mol. The average Bonchev–Trinajstić information content (AvgIpc) is 2.98. The number of hydrogen-bond donors (Lipinski definition) is 0. The third-order valence-corrected chi connectivity index (χ3v) is 6.04. The van der Waals surface area contributed by atoms with Gasteiger partial charge in [0, 0.05) is 18.4 Å². The molecule has 0 bridgehead atoms. The molecule has 8 nitrogen and oxygen atoms in total. The summed E-state index contributed by atoms with van der Waals surface area (Å²) in [5.74, 6) is 2.51. The van der Waals surface area contributed by atoms with Crippen molar-refractivity contribution in [2.24, 2.45) is 0 Å². The van der Waals surface area contributed by atoms with Crippen LogP contribution in [0, 0.1) is 20.8 Å². The van der Waals surface area contributed by atoms with E-state index in [9.17, 15) is 0 Å². The normalized spacial score (nSPS) is 19.1. The summed E-state index contributed by atoms with van der Waals surface area (Å²) < 4.78 is 8.15. The highest BCUT2D eigenvalue weighted by atomic mass is 32.1. The third kappa shape index (κ3) is 2.64. The highest BCUT2D eigenvalue weighted by Gasteiger charge is 2.44. The van der Waals surface area contributed by atoms with Gasteiger partial charge in [-0.15, -0.1) is 10.2 Å². The minimum Gasteiger partial charge on any atom is -0.263 e. The van der Waals surface area contributed by atoms with Gasteiger partial charge in [0.2, 0.25) is 0 Å². The number of hydrogen-bond acceptors (Lipinski definition) is 7. The quantitative estimate of drug-likeness (QED) is 0.541. The zero-order valence-corrected chi connectivity index (χ0v) is 16.5. The Morgan fingerprint density at radius 2 is 1.96 bits per heavy atom. The molecule has 9 heteroatoms. The Morgan fingerprint density at radius 3 is 2.70 bits per heavy atom. The molecule has 4 aromatic rings. The molecule has 5 rings (SSSR count). The van der Waals surface area contributed by atoms with Crippen LogP contribution in [0.15, 0.2) is 12.1 Å². The maximum absolute atomic E-state index is 4.86. The van der Waals surface area contributed by atoms with E-state index in [4.69, 9.17) is 10.2 Å². The number of nitrogens with zero attached hydrogens (tertiary/aromatic N) is 8. The smallest absolute Gasteiger partial charge is 0.180 e. The minimum atomic E-state index is 0.422. The molecule has 4 heterocycles. The second kappa shape index (κ2) is 5.91. The topological polar surface area (TPSA) is 86.7 Å². The van der Waals surface area contributed by atoms with Crippen LogP contribution >= 0.6 is 11.5 Å². The Hall–Kier alpha value is -2.68. The molecule has 0 radical (unpaired) electrons. The lowest BCUT2D eigenvalue weighted by molar-refractivity contribution is 0.649. The standard InChI is InChI=1S/C18H20N8S/c1-5-25-16(15-6-9(2)17-21-20-11(4)26(17)23-15)8-14(22-25)12-7-13(12)18-19-10(3)24-27-18/h6,8,12-13H,5,7H2,1-4H3/t12-,13-/m0/s1. The zero-order valence-electron chi connectivity index (χ0n) is 15.7. The summed E-state index contributed by atoms with van der Waals surface area (Å²) in [6.07, 6.45) is 1.09. The van der Waals surface area contributed by atoms with Gasteiger partial charge < -0.3 is 0 Å². The molecule has 2 atom stereocenters. The summed E-state index contributed by atoms with van der Waals surface area (Å²) in [4.78, 5) is 4.55. The summed E-state index contributed by atoms with van der Waals surface area (Å²) >= 11 is 1.51. The predicted molar refractivity (Wildman–Crippen MR) is 102 cm³/mol. The molecule has 4 aromatic heterocycles. The number of aromatic nitrogens is 8. The first-order valence-corrected chi connectivity index (χ1v) is 9.90. The van der Waals surface area contributed by atoms with Crippen LogP contribution in [-0.2, 0) is 6.54 Å². The van der Waals surface area contributed by atoms with Crippen molar-refractivity contribution in [3.05, 3.63) is 40.0 Å². The second-order valence-corrected chi connectivity index (χ2v) is 7.88. The van der Waals surface area contributed by atoms with Crippen molar-refractivity contribution >= 4 is 17.2 Å². The summed E-state index contributed by atoms with van der Waals surface area (Å²) in [5, 5.41) is 19.1. The second-order valence-electron chi connectivity index (χ2n) is 7.09. The highest BCUT2D eigenvalue weighted by molar-refractivity contribution is 7.05. The molecule has 0 amide bonds. The predicted octanol–water partition coefficient (Wildman–Crippen LogP) is 3.06. The van der Waals surface area contributed by atoms with Gasteiger partial charge in [-0.3, -0.25) is 4.68 Å². The summed E-state index contributed by atoms with van der Waals surface area (Å²) in [5.41, 5.74) is 4.90. The van der Waals surface area contributed by atoms with Gasteiger partial charge in [-0.2, -0.15) is 19.1 Å². The van der Waals surface area contributed by atoms with E-state index in [1.807, 2.05) is 25.5 Å². The fourth-order valence-corrected chi connectivity index (χ4v) is 4.41. The van der Waals surface area contributed by atoms with E-state index in [2.05, 4.69) is 38.6 Å². The molecular weight excluding hydrogens is 360 g/mol. The van der Waals surface area contributed by atoms with Crippen LogP contribution in [0.25, 0.3) is 17.0 Å². The molecule has 138 valence electrons. The number of aryl methyl sites for hydroxylation is 4. The van der Waals surface area contributed by atoms with Crippen LogP contribution in [0.5, 0.6) is 0 Å². The fourth-order valence-electron chi connectivity index (χ4n) is 3.58. The van der Waals surface area contributed by atoms with Gasteiger partial charge in [0.05, 0.1) is 11.4 Å². The Morgan fingerprint density at radius 1 is 1.11 bits per heavy atom. The van der Waals surface area contributed by atoms with E-state index >= 15 is 0 Å². The first-order chi connectivity index (χ1) is 13.0. The summed E-state index contributed by atoms with van der Waals surface area (Å²) in [6, 6.07) is 4.24. The molecule has 1 saturated carbocycles. The van der Waals surface area contributed by atoms with Crippen LogP contribution in [0.1, 0.15) is 53.1 Å². The van der Waals surface area contributed by atoms with Crippen molar-refractivity contribution in [3.63, 3.8) is 0 Å². The summed E-state index contributed by atoms with van der Waals surface area (Å²) in [6.45, 7) is 8.80. The number of fused-ring (bicyclic) bond motifs is 1. The molecule has 0 unspecified atom stereocenters. The average molecular weight is 380 g/mol. The lowest BCUT2D eigenvalue weighted by atomic mass is 10.2. The maximum atomic E-state index is 4.86. The first-order valence-electron chi connectivity index (χ1n) is 9.13. The lowest BCUT2D eigenvalue weighted by Crippen LogP contribution is -2.04. The molecule has 1 fully saturated rings. The molecule has 1 aliphatic rings. The molecule has 1 aliphatic carbocycles. The molecular formula is C18H20N8S. The fraction of sp³-hybridized carbons (Fsp3) is 0.444. The van der Waals surface area contributed by atoms with Crippen molar-refractivity contribution in [3.8, 4) is 11.4 Å². The van der Waals surface area contributed by atoms with Crippen molar-refractivity contribution in [1.82, 2.24) is 38.9 Å². The van der Waals surface area contributed by atoms with E-state index in [0.29, 0.717) is 11.8 Å². The van der Waals surface area contributed by atoms with Crippen LogP contribution < -0.4 is 0 Å². The first kappa shape index (κ1) is 16.5. The molecule has 0 saturated heterocycles. The third-order valence-electron chi connectivity index (χ3n) is 5.10. The Bertz CT molecular complexity index is 1150. The molecule has 0 spiro atoms. The Labute approximate surface area is 160 Å². The maximum Gasteiger partial charge on any atom is 0.180 e. The van der Waals surface area contributed by atoms with Gasteiger partial charge >= 0.3 is 0 Å². The largest absolute Gasteiger partial charge is 0.263 e. The van der Waals surface area contributed by atoms with Gasteiger partial charge in [-0.05, 0) is 63.3 Å². The van der Waals surface area contributed by atoms with Gasteiger partial charge in [0.1, 0.15) is 16.5 Å². The van der Waals surface area contributed by atoms with Gasteiger partial charge in [-0.1, -0.05) is 0 Å². The van der Waals surface area contributed by atoms with Gasteiger partial charge in [0.25, 0.3) is 0 Å². The van der Waals surface area contributed by atoms with Crippen molar-refractivity contribution < 1.29 is 0 Å². The van der Waals surface area contributed by atoms with Gasteiger partial charge in [0.15, 0.2) is 11.5 Å². The number of rotatable bonds is 4. The Kier molecular flexibility index (Phi) is 3.61. The van der Waals surface area contributed by atoms with Crippen LogP contribution in [0.4, 0.5) is 0 Å². The van der Waals surface area contributed by atoms with E-state index in [1.54, 1.807) is 4.52 Å².